The number of likely N-dealkylation sites (tertiary alicyclic amines) is 1. The first-order chi connectivity index (χ1) is 11.4. The zero-order valence-electron chi connectivity index (χ0n) is 13.7. The first-order valence-electron chi connectivity index (χ1n) is 8.15. The SMILES string of the molecule is CC(C(=O)Nc1ccc(F)cc1Cl)N1CCCC(CCC(N)=O)C1. The maximum atomic E-state index is 13.1. The van der Waals surface area contributed by atoms with E-state index in [4.69, 9.17) is 17.3 Å². The summed E-state index contributed by atoms with van der Waals surface area (Å²) in [5.74, 6) is -0.543. The molecule has 1 aliphatic rings. The van der Waals surface area contributed by atoms with Crippen LogP contribution in [0.4, 0.5) is 10.1 Å². The van der Waals surface area contributed by atoms with Gasteiger partial charge in [0.1, 0.15) is 5.82 Å². The van der Waals surface area contributed by atoms with Crippen LogP contribution in [-0.2, 0) is 9.59 Å². The number of benzene rings is 1. The van der Waals surface area contributed by atoms with Crippen LogP contribution < -0.4 is 11.1 Å². The minimum Gasteiger partial charge on any atom is -0.370 e. The smallest absolute Gasteiger partial charge is 0.241 e. The lowest BCUT2D eigenvalue weighted by atomic mass is 9.92. The van der Waals surface area contributed by atoms with Gasteiger partial charge in [0, 0.05) is 13.0 Å². The van der Waals surface area contributed by atoms with Crippen LogP contribution in [0, 0.1) is 11.7 Å². The molecule has 0 saturated carbocycles. The Balaban J connectivity index is 1.93. The first-order valence-corrected chi connectivity index (χ1v) is 8.53. The molecular formula is C17H23ClFN3O2. The predicted octanol–water partition coefficient (Wildman–Crippen LogP) is 2.78. The van der Waals surface area contributed by atoms with Gasteiger partial charge < -0.3 is 11.1 Å². The average molecular weight is 356 g/mol. The summed E-state index contributed by atoms with van der Waals surface area (Å²) < 4.78 is 13.1. The largest absolute Gasteiger partial charge is 0.370 e. The lowest BCUT2D eigenvalue weighted by molar-refractivity contribution is -0.122. The Bertz CT molecular complexity index is 611. The van der Waals surface area contributed by atoms with Crippen molar-refractivity contribution in [3.8, 4) is 0 Å². The van der Waals surface area contributed by atoms with Crippen LogP contribution in [0.5, 0.6) is 0 Å². The van der Waals surface area contributed by atoms with Gasteiger partial charge in [-0.3, -0.25) is 14.5 Å². The molecule has 1 aliphatic heterocycles. The van der Waals surface area contributed by atoms with Crippen molar-refractivity contribution in [3.05, 3.63) is 29.0 Å². The number of carbonyl (C=O) groups excluding carboxylic acids is 2. The third kappa shape index (κ3) is 5.18. The zero-order chi connectivity index (χ0) is 17.7. The van der Waals surface area contributed by atoms with Crippen molar-refractivity contribution in [3.63, 3.8) is 0 Å². The van der Waals surface area contributed by atoms with E-state index in [0.29, 0.717) is 18.0 Å². The Morgan fingerprint density at radius 1 is 1.50 bits per heavy atom. The molecule has 1 saturated heterocycles. The number of hydrogen-bond donors (Lipinski definition) is 2. The van der Waals surface area contributed by atoms with Crippen LogP contribution in [0.1, 0.15) is 32.6 Å². The van der Waals surface area contributed by atoms with Crippen molar-refractivity contribution >= 4 is 29.1 Å². The molecule has 7 heteroatoms. The number of hydrogen-bond acceptors (Lipinski definition) is 3. The van der Waals surface area contributed by atoms with Gasteiger partial charge >= 0.3 is 0 Å². The Labute approximate surface area is 146 Å². The van der Waals surface area contributed by atoms with Gasteiger partial charge in [0.25, 0.3) is 0 Å². The molecule has 5 nitrogen and oxygen atoms in total. The molecule has 0 aliphatic carbocycles. The maximum absolute atomic E-state index is 13.1. The molecule has 2 atom stereocenters. The van der Waals surface area contributed by atoms with Gasteiger partial charge in [0.05, 0.1) is 16.8 Å². The molecule has 2 amide bonds. The number of rotatable bonds is 6. The summed E-state index contributed by atoms with van der Waals surface area (Å²) in [5, 5.41) is 2.92. The summed E-state index contributed by atoms with van der Waals surface area (Å²) in [4.78, 5) is 25.5. The second-order valence-corrected chi connectivity index (χ2v) is 6.70. The van der Waals surface area contributed by atoms with E-state index in [-0.39, 0.29) is 22.9 Å². The quantitative estimate of drug-likeness (QED) is 0.823. The Kier molecular flexibility index (Phi) is 6.57. The van der Waals surface area contributed by atoms with E-state index >= 15 is 0 Å². The standard InChI is InChI=1S/C17H23ClFN3O2/c1-11(17(24)21-15-6-5-13(19)9-14(15)18)22-8-2-3-12(10-22)4-7-16(20)23/h5-6,9,11-12H,2-4,7-8,10H2,1H3,(H2,20,23)(H,21,24). The van der Waals surface area contributed by atoms with Gasteiger partial charge in [-0.25, -0.2) is 4.39 Å². The number of carbonyl (C=O) groups is 2. The van der Waals surface area contributed by atoms with Crippen molar-refractivity contribution < 1.29 is 14.0 Å². The van der Waals surface area contributed by atoms with Crippen molar-refractivity contribution in [2.75, 3.05) is 18.4 Å². The Morgan fingerprint density at radius 2 is 2.25 bits per heavy atom. The van der Waals surface area contributed by atoms with Gasteiger partial charge in [-0.05, 0) is 56.8 Å². The first kappa shape index (κ1) is 18.7. The maximum Gasteiger partial charge on any atom is 0.241 e. The molecule has 1 aromatic carbocycles. The highest BCUT2D eigenvalue weighted by Gasteiger charge is 2.27. The van der Waals surface area contributed by atoms with Crippen LogP contribution in [0.3, 0.4) is 0 Å². The lowest BCUT2D eigenvalue weighted by Crippen LogP contribution is -2.47. The molecule has 0 radical (unpaired) electrons. The molecule has 1 heterocycles. The number of nitrogens with one attached hydrogen (secondary N) is 1. The van der Waals surface area contributed by atoms with E-state index in [1.54, 1.807) is 0 Å². The third-order valence-corrected chi connectivity index (χ3v) is 4.78. The van der Waals surface area contributed by atoms with Crippen LogP contribution in [0.2, 0.25) is 5.02 Å². The molecule has 3 N–H and O–H groups in total. The van der Waals surface area contributed by atoms with Crippen LogP contribution in [0.15, 0.2) is 18.2 Å². The van der Waals surface area contributed by atoms with Gasteiger partial charge in [-0.15, -0.1) is 0 Å². The van der Waals surface area contributed by atoms with Crippen LogP contribution >= 0.6 is 11.6 Å². The second kappa shape index (κ2) is 8.44. The summed E-state index contributed by atoms with van der Waals surface area (Å²) >= 11 is 5.95. The molecule has 0 aromatic heterocycles. The summed E-state index contributed by atoms with van der Waals surface area (Å²) in [5.41, 5.74) is 5.61. The van der Waals surface area contributed by atoms with Crippen molar-refractivity contribution in [1.29, 1.82) is 0 Å². The number of piperidine rings is 1. The van der Waals surface area contributed by atoms with E-state index < -0.39 is 5.82 Å². The molecule has 2 unspecified atom stereocenters. The minimum absolute atomic E-state index is 0.175. The topological polar surface area (TPSA) is 75.4 Å². The highest BCUT2D eigenvalue weighted by atomic mass is 35.5. The van der Waals surface area contributed by atoms with Crippen molar-refractivity contribution in [2.45, 2.75) is 38.6 Å². The molecule has 0 bridgehead atoms. The van der Waals surface area contributed by atoms with Gasteiger partial charge in [-0.1, -0.05) is 11.6 Å². The second-order valence-electron chi connectivity index (χ2n) is 6.30. The van der Waals surface area contributed by atoms with Crippen LogP contribution in [-0.4, -0.2) is 35.8 Å². The Hall–Kier alpha value is -1.66. The zero-order valence-corrected chi connectivity index (χ0v) is 14.5. The van der Waals surface area contributed by atoms with E-state index in [2.05, 4.69) is 10.2 Å². The molecule has 0 spiro atoms. The fraction of sp³-hybridized carbons (Fsp3) is 0.529. The number of amides is 2. The fourth-order valence-electron chi connectivity index (χ4n) is 3.02. The van der Waals surface area contributed by atoms with Crippen LogP contribution in [0.25, 0.3) is 0 Å². The molecule has 24 heavy (non-hydrogen) atoms. The normalized spacial score (nSPS) is 19.7. The van der Waals surface area contributed by atoms with E-state index in [1.165, 1.54) is 18.2 Å². The van der Waals surface area contributed by atoms with Gasteiger partial charge in [0.15, 0.2) is 0 Å². The highest BCUT2D eigenvalue weighted by Crippen LogP contribution is 2.25. The van der Waals surface area contributed by atoms with E-state index in [9.17, 15) is 14.0 Å². The number of primary amides is 1. The molecule has 1 fully saturated rings. The van der Waals surface area contributed by atoms with Crippen molar-refractivity contribution in [2.24, 2.45) is 11.7 Å². The summed E-state index contributed by atoms with van der Waals surface area (Å²) in [7, 11) is 0. The number of nitrogens with two attached hydrogens (primary N) is 1. The fourth-order valence-corrected chi connectivity index (χ4v) is 3.24. The summed E-state index contributed by atoms with van der Waals surface area (Å²) in [6.07, 6.45) is 3.16. The molecule has 2 rings (SSSR count). The highest BCUT2D eigenvalue weighted by molar-refractivity contribution is 6.33. The summed E-state index contributed by atoms with van der Waals surface area (Å²) in [6.45, 7) is 3.43. The lowest BCUT2D eigenvalue weighted by Gasteiger charge is -2.36. The number of anilines is 1. The van der Waals surface area contributed by atoms with Crippen molar-refractivity contribution in [1.82, 2.24) is 4.90 Å². The molecule has 1 aromatic rings. The number of nitrogens with zero attached hydrogens (tertiary/aromatic N) is 1. The number of halogens is 2. The monoisotopic (exact) mass is 355 g/mol. The average Bonchev–Trinajstić information content (AvgIpc) is 2.55. The van der Waals surface area contributed by atoms with Gasteiger partial charge in [0.2, 0.25) is 11.8 Å². The van der Waals surface area contributed by atoms with E-state index in [0.717, 1.165) is 32.4 Å². The Morgan fingerprint density at radius 3 is 2.92 bits per heavy atom. The third-order valence-electron chi connectivity index (χ3n) is 4.47. The van der Waals surface area contributed by atoms with E-state index in [1.807, 2.05) is 6.92 Å². The minimum atomic E-state index is -0.445. The summed E-state index contributed by atoms with van der Waals surface area (Å²) in [6, 6.07) is 3.55. The van der Waals surface area contributed by atoms with Gasteiger partial charge in [-0.2, -0.15) is 0 Å². The molecular weight excluding hydrogens is 333 g/mol. The molecule has 132 valence electrons. The predicted molar refractivity (Wildman–Crippen MR) is 92.2 cm³/mol.